The SMILES string of the molecule is CC[N+](CC)=C(/C=C/c1ccccc1)c1c(F)c(F)c(F)c(F)c1F. The first-order valence-corrected chi connectivity index (χ1v) is 7.79. The third-order valence-electron chi connectivity index (χ3n) is 3.80. The van der Waals surface area contributed by atoms with E-state index in [0.717, 1.165) is 5.56 Å². The fraction of sp³-hybridized carbons (Fsp3) is 0.211. The lowest BCUT2D eigenvalue weighted by atomic mass is 10.0. The number of benzene rings is 2. The summed E-state index contributed by atoms with van der Waals surface area (Å²) in [7, 11) is 0. The number of allylic oxidation sites excluding steroid dienone is 1. The van der Waals surface area contributed by atoms with Gasteiger partial charge in [-0.2, -0.15) is 0 Å². The first-order chi connectivity index (χ1) is 11.9. The quantitative estimate of drug-likeness (QED) is 0.235. The highest BCUT2D eigenvalue weighted by atomic mass is 19.2. The van der Waals surface area contributed by atoms with Crippen molar-refractivity contribution in [3.8, 4) is 0 Å². The molecule has 0 atom stereocenters. The summed E-state index contributed by atoms with van der Waals surface area (Å²) in [5.74, 6) is -9.74. The molecular weight excluding hydrogens is 337 g/mol. The minimum absolute atomic E-state index is 0.0679. The van der Waals surface area contributed by atoms with E-state index in [9.17, 15) is 22.0 Å². The van der Waals surface area contributed by atoms with Gasteiger partial charge in [0.25, 0.3) is 0 Å². The van der Waals surface area contributed by atoms with E-state index in [1.165, 1.54) is 10.7 Å². The van der Waals surface area contributed by atoms with E-state index in [0.29, 0.717) is 13.1 Å². The zero-order valence-corrected chi connectivity index (χ0v) is 13.8. The first-order valence-electron chi connectivity index (χ1n) is 7.79. The summed E-state index contributed by atoms with van der Waals surface area (Å²) in [5, 5.41) is 0. The minimum atomic E-state index is -2.16. The molecule has 0 saturated heterocycles. The molecule has 0 aliphatic rings. The van der Waals surface area contributed by atoms with Crippen LogP contribution >= 0.6 is 0 Å². The smallest absolute Gasteiger partial charge is 0.213 e. The molecule has 0 aromatic heterocycles. The van der Waals surface area contributed by atoms with Gasteiger partial charge in [-0.25, -0.2) is 26.5 Å². The lowest BCUT2D eigenvalue weighted by Gasteiger charge is -2.09. The highest BCUT2D eigenvalue weighted by Crippen LogP contribution is 2.24. The molecule has 0 unspecified atom stereocenters. The van der Waals surface area contributed by atoms with E-state index in [1.807, 2.05) is 0 Å². The van der Waals surface area contributed by atoms with Crippen LogP contribution in [0.25, 0.3) is 6.08 Å². The van der Waals surface area contributed by atoms with Crippen LogP contribution in [0, 0.1) is 29.1 Å². The molecule has 2 rings (SSSR count). The summed E-state index contributed by atoms with van der Waals surface area (Å²) in [6.45, 7) is 4.13. The molecule has 0 aliphatic heterocycles. The van der Waals surface area contributed by atoms with Crippen LogP contribution in [0.1, 0.15) is 25.0 Å². The Labute approximate surface area is 142 Å². The largest absolute Gasteiger partial charge is 0.230 e. The molecule has 6 heteroatoms. The number of halogens is 5. The molecule has 0 saturated carbocycles. The second kappa shape index (κ2) is 8.05. The van der Waals surface area contributed by atoms with Crippen LogP contribution in [-0.4, -0.2) is 23.4 Å². The highest BCUT2D eigenvalue weighted by molar-refractivity contribution is 6.08. The van der Waals surface area contributed by atoms with Crippen LogP contribution in [0.5, 0.6) is 0 Å². The molecule has 0 bridgehead atoms. The van der Waals surface area contributed by atoms with Crippen molar-refractivity contribution in [2.45, 2.75) is 13.8 Å². The van der Waals surface area contributed by atoms with Gasteiger partial charge in [-0.3, -0.25) is 0 Å². The summed E-state index contributed by atoms with van der Waals surface area (Å²) < 4.78 is 70.4. The number of nitrogens with zero attached hydrogens (tertiary/aromatic N) is 1. The van der Waals surface area contributed by atoms with Crippen molar-refractivity contribution in [2.24, 2.45) is 0 Å². The van der Waals surface area contributed by atoms with Crippen LogP contribution in [0.15, 0.2) is 36.4 Å². The molecule has 0 radical (unpaired) electrons. The van der Waals surface area contributed by atoms with Gasteiger partial charge in [0.2, 0.25) is 11.5 Å². The summed E-state index contributed by atoms with van der Waals surface area (Å²) in [4.78, 5) is 0. The fourth-order valence-electron chi connectivity index (χ4n) is 2.48. The van der Waals surface area contributed by atoms with Gasteiger partial charge in [0, 0.05) is 6.08 Å². The molecule has 0 heterocycles. The second-order valence-corrected chi connectivity index (χ2v) is 5.25. The molecule has 132 valence electrons. The molecule has 0 spiro atoms. The molecule has 25 heavy (non-hydrogen) atoms. The molecule has 2 aromatic carbocycles. The Hall–Kier alpha value is -2.50. The summed E-state index contributed by atoms with van der Waals surface area (Å²) in [6, 6.07) is 8.87. The Balaban J connectivity index is 2.71. The van der Waals surface area contributed by atoms with Crippen LogP contribution in [0.4, 0.5) is 22.0 Å². The van der Waals surface area contributed by atoms with E-state index in [4.69, 9.17) is 0 Å². The van der Waals surface area contributed by atoms with E-state index in [2.05, 4.69) is 0 Å². The van der Waals surface area contributed by atoms with E-state index in [-0.39, 0.29) is 5.71 Å². The van der Waals surface area contributed by atoms with Crippen molar-refractivity contribution >= 4 is 11.8 Å². The molecule has 1 nitrogen and oxygen atoms in total. The Morgan fingerprint density at radius 3 is 1.76 bits per heavy atom. The van der Waals surface area contributed by atoms with Gasteiger partial charge < -0.3 is 0 Å². The Kier molecular flexibility index (Phi) is 6.07. The predicted octanol–water partition coefficient (Wildman–Crippen LogP) is 4.94. The predicted molar refractivity (Wildman–Crippen MR) is 87.2 cm³/mol. The highest BCUT2D eigenvalue weighted by Gasteiger charge is 2.31. The third kappa shape index (κ3) is 3.78. The molecular formula is C19H17F5N+. The molecule has 0 amide bonds. The Morgan fingerprint density at radius 1 is 0.800 bits per heavy atom. The fourth-order valence-corrected chi connectivity index (χ4v) is 2.48. The normalized spacial score (nSPS) is 11.2. The Morgan fingerprint density at radius 2 is 1.28 bits per heavy atom. The van der Waals surface area contributed by atoms with Gasteiger partial charge in [-0.05, 0) is 25.5 Å². The van der Waals surface area contributed by atoms with Crippen LogP contribution in [0.2, 0.25) is 0 Å². The maximum Gasteiger partial charge on any atom is 0.213 e. The van der Waals surface area contributed by atoms with Crippen LogP contribution in [-0.2, 0) is 0 Å². The number of hydrogen-bond donors (Lipinski definition) is 0. The average molecular weight is 354 g/mol. The van der Waals surface area contributed by atoms with Gasteiger partial charge >= 0.3 is 0 Å². The summed E-state index contributed by atoms with van der Waals surface area (Å²) >= 11 is 0. The maximum absolute atomic E-state index is 14.2. The van der Waals surface area contributed by atoms with Crippen molar-refractivity contribution in [1.82, 2.24) is 0 Å². The molecule has 0 fully saturated rings. The summed E-state index contributed by atoms with van der Waals surface area (Å²) in [5.41, 5.74) is -0.259. The topological polar surface area (TPSA) is 3.01 Å². The zero-order chi connectivity index (χ0) is 18.6. The van der Waals surface area contributed by atoms with Crippen LogP contribution in [0.3, 0.4) is 0 Å². The van der Waals surface area contributed by atoms with Gasteiger partial charge in [0.1, 0.15) is 18.7 Å². The zero-order valence-electron chi connectivity index (χ0n) is 13.8. The lowest BCUT2D eigenvalue weighted by Crippen LogP contribution is -2.24. The first kappa shape index (κ1) is 18.8. The van der Waals surface area contributed by atoms with E-state index < -0.39 is 34.6 Å². The number of rotatable bonds is 5. The van der Waals surface area contributed by atoms with Crippen molar-refractivity contribution in [2.75, 3.05) is 13.1 Å². The number of hydrogen-bond acceptors (Lipinski definition) is 0. The monoisotopic (exact) mass is 354 g/mol. The molecule has 0 aliphatic carbocycles. The van der Waals surface area contributed by atoms with Gasteiger partial charge in [-0.1, -0.05) is 30.3 Å². The van der Waals surface area contributed by atoms with Crippen molar-refractivity contribution in [1.29, 1.82) is 0 Å². The van der Waals surface area contributed by atoms with Gasteiger partial charge in [0.15, 0.2) is 23.3 Å². The van der Waals surface area contributed by atoms with Gasteiger partial charge in [0.05, 0.1) is 0 Å². The van der Waals surface area contributed by atoms with E-state index >= 15 is 0 Å². The second-order valence-electron chi connectivity index (χ2n) is 5.25. The minimum Gasteiger partial charge on any atom is -0.230 e. The maximum atomic E-state index is 14.2. The summed E-state index contributed by atoms with van der Waals surface area (Å²) in [6.07, 6.45) is 2.92. The van der Waals surface area contributed by atoms with E-state index in [1.54, 1.807) is 50.3 Å². The van der Waals surface area contributed by atoms with Crippen molar-refractivity contribution in [3.05, 3.63) is 76.6 Å². The van der Waals surface area contributed by atoms with Crippen molar-refractivity contribution < 1.29 is 26.5 Å². The standard InChI is InChI=1S/C19H17F5N/c1-3-25(4-2)13(11-10-12-8-6-5-7-9-12)14-15(20)17(22)19(24)18(23)16(14)21/h5-11H,3-4H2,1-2H3/q+1/b11-10+. The molecule has 0 N–H and O–H groups in total. The van der Waals surface area contributed by atoms with Crippen molar-refractivity contribution in [3.63, 3.8) is 0 Å². The van der Waals surface area contributed by atoms with Gasteiger partial charge in [-0.15, -0.1) is 0 Å². The third-order valence-corrected chi connectivity index (χ3v) is 3.80. The molecule has 2 aromatic rings. The average Bonchev–Trinajstić information content (AvgIpc) is 2.64. The Bertz CT molecular complexity index is 790. The van der Waals surface area contributed by atoms with Crippen LogP contribution < -0.4 is 0 Å². The lowest BCUT2D eigenvalue weighted by molar-refractivity contribution is -0.519.